The summed E-state index contributed by atoms with van der Waals surface area (Å²) in [5, 5.41) is 20.0. The predicted octanol–water partition coefficient (Wildman–Crippen LogP) is 0.604. The van der Waals surface area contributed by atoms with Crippen LogP contribution in [-0.4, -0.2) is 36.3 Å². The van der Waals surface area contributed by atoms with Crippen molar-refractivity contribution in [1.29, 1.82) is 0 Å². The van der Waals surface area contributed by atoms with Crippen LogP contribution in [0, 0.1) is 13.8 Å². The molecule has 2 aromatic rings. The zero-order valence-corrected chi connectivity index (χ0v) is 11.3. The summed E-state index contributed by atoms with van der Waals surface area (Å²) in [5.74, 6) is 0.0622. The minimum Gasteiger partial charge on any atom is -0.292 e. The van der Waals surface area contributed by atoms with Crippen LogP contribution in [0.1, 0.15) is 30.3 Å². The number of anilines is 1. The monoisotopic (exact) mass is 263 g/mol. The standard InChI is InChI=1S/C11H17N7O/c1-4-18-8(3)9(7(2)15-18)5-6-10(19)12-11-13-16-17-14-11/h4-6H2,1-3H3,(H2,12,13,14,16,17,19). The number of carbonyl (C=O) groups is 1. The SMILES string of the molecule is CCn1nc(C)c(CCC(=O)Nc2nn[nH]n2)c1C. The van der Waals surface area contributed by atoms with E-state index in [0.717, 1.165) is 23.5 Å². The Balaban J connectivity index is 1.95. The molecule has 102 valence electrons. The number of aryl methyl sites for hydroxylation is 2. The first kappa shape index (κ1) is 13.2. The molecule has 0 spiro atoms. The van der Waals surface area contributed by atoms with Crippen LogP contribution in [0.25, 0.3) is 0 Å². The summed E-state index contributed by atoms with van der Waals surface area (Å²) in [6.45, 7) is 6.87. The zero-order chi connectivity index (χ0) is 13.8. The molecule has 0 unspecified atom stereocenters. The molecule has 2 N–H and O–H groups in total. The van der Waals surface area contributed by atoms with Gasteiger partial charge in [0.2, 0.25) is 5.91 Å². The van der Waals surface area contributed by atoms with E-state index < -0.39 is 0 Å². The van der Waals surface area contributed by atoms with E-state index in [2.05, 4.69) is 31.0 Å². The quantitative estimate of drug-likeness (QED) is 0.822. The predicted molar refractivity (Wildman–Crippen MR) is 68.5 cm³/mol. The molecule has 0 saturated heterocycles. The van der Waals surface area contributed by atoms with E-state index in [4.69, 9.17) is 0 Å². The summed E-state index contributed by atoms with van der Waals surface area (Å²) in [7, 11) is 0. The highest BCUT2D eigenvalue weighted by atomic mass is 16.1. The molecule has 0 radical (unpaired) electrons. The highest BCUT2D eigenvalue weighted by Gasteiger charge is 2.13. The van der Waals surface area contributed by atoms with E-state index in [0.29, 0.717) is 12.8 Å². The van der Waals surface area contributed by atoms with Gasteiger partial charge in [0.1, 0.15) is 0 Å². The maximum Gasteiger partial charge on any atom is 0.269 e. The molecular weight excluding hydrogens is 246 g/mol. The number of aromatic amines is 1. The number of hydrogen-bond donors (Lipinski definition) is 2. The maximum atomic E-state index is 11.7. The van der Waals surface area contributed by atoms with Crippen LogP contribution in [0.4, 0.5) is 5.95 Å². The zero-order valence-electron chi connectivity index (χ0n) is 11.3. The summed E-state index contributed by atoms with van der Waals surface area (Å²) in [6, 6.07) is 0. The normalized spacial score (nSPS) is 10.7. The van der Waals surface area contributed by atoms with Crippen molar-refractivity contribution >= 4 is 11.9 Å². The fourth-order valence-corrected chi connectivity index (χ4v) is 2.04. The highest BCUT2D eigenvalue weighted by Crippen LogP contribution is 2.15. The van der Waals surface area contributed by atoms with Crippen LogP contribution in [0.5, 0.6) is 0 Å². The van der Waals surface area contributed by atoms with Crippen molar-refractivity contribution in [3.05, 3.63) is 17.0 Å². The third kappa shape index (κ3) is 2.95. The summed E-state index contributed by atoms with van der Waals surface area (Å²) in [4.78, 5) is 11.7. The van der Waals surface area contributed by atoms with E-state index in [9.17, 15) is 4.79 Å². The molecular formula is C11H17N7O. The number of carbonyl (C=O) groups excluding carboxylic acids is 1. The van der Waals surface area contributed by atoms with Gasteiger partial charge in [-0.3, -0.25) is 14.8 Å². The molecule has 0 aliphatic rings. The van der Waals surface area contributed by atoms with Gasteiger partial charge < -0.3 is 0 Å². The van der Waals surface area contributed by atoms with E-state index in [1.165, 1.54) is 0 Å². The second-order valence-electron chi connectivity index (χ2n) is 4.25. The van der Waals surface area contributed by atoms with E-state index in [-0.39, 0.29) is 11.9 Å². The molecule has 0 fully saturated rings. The van der Waals surface area contributed by atoms with Crippen molar-refractivity contribution < 1.29 is 4.79 Å². The van der Waals surface area contributed by atoms with E-state index >= 15 is 0 Å². The number of aromatic nitrogens is 6. The van der Waals surface area contributed by atoms with Gasteiger partial charge in [0.05, 0.1) is 5.69 Å². The second kappa shape index (κ2) is 5.59. The van der Waals surface area contributed by atoms with Crippen LogP contribution in [-0.2, 0) is 17.8 Å². The fourth-order valence-electron chi connectivity index (χ4n) is 2.04. The number of amides is 1. The first-order valence-corrected chi connectivity index (χ1v) is 6.18. The molecule has 1 amide bonds. The van der Waals surface area contributed by atoms with Gasteiger partial charge in [-0.05, 0) is 38.0 Å². The Kier molecular flexibility index (Phi) is 3.88. The Hall–Kier alpha value is -2.25. The van der Waals surface area contributed by atoms with Crippen LogP contribution < -0.4 is 5.32 Å². The third-order valence-corrected chi connectivity index (χ3v) is 3.03. The van der Waals surface area contributed by atoms with Gasteiger partial charge in [-0.25, -0.2) is 0 Å². The molecule has 0 aliphatic carbocycles. The Labute approximate surface area is 110 Å². The van der Waals surface area contributed by atoms with Gasteiger partial charge >= 0.3 is 0 Å². The number of nitrogens with one attached hydrogen (secondary N) is 2. The van der Waals surface area contributed by atoms with E-state index in [1.807, 2.05) is 25.5 Å². The second-order valence-corrected chi connectivity index (χ2v) is 4.25. The van der Waals surface area contributed by atoms with Crippen LogP contribution >= 0.6 is 0 Å². The molecule has 0 aromatic carbocycles. The van der Waals surface area contributed by atoms with Crippen molar-refractivity contribution in [2.45, 2.75) is 40.2 Å². The fraction of sp³-hybridized carbons (Fsp3) is 0.545. The van der Waals surface area contributed by atoms with Gasteiger partial charge in [-0.2, -0.15) is 10.3 Å². The van der Waals surface area contributed by atoms with Crippen molar-refractivity contribution in [2.75, 3.05) is 5.32 Å². The lowest BCUT2D eigenvalue weighted by Crippen LogP contribution is -2.13. The number of H-pyrrole nitrogens is 1. The van der Waals surface area contributed by atoms with Gasteiger partial charge in [0, 0.05) is 18.7 Å². The number of rotatable bonds is 5. The Morgan fingerprint density at radius 1 is 1.42 bits per heavy atom. The van der Waals surface area contributed by atoms with Crippen molar-refractivity contribution in [3.63, 3.8) is 0 Å². The lowest BCUT2D eigenvalue weighted by molar-refractivity contribution is -0.116. The largest absolute Gasteiger partial charge is 0.292 e. The number of hydrogen-bond acceptors (Lipinski definition) is 5. The molecule has 8 nitrogen and oxygen atoms in total. The average Bonchev–Trinajstić information content (AvgIpc) is 2.96. The number of tetrazole rings is 1. The third-order valence-electron chi connectivity index (χ3n) is 3.03. The van der Waals surface area contributed by atoms with Gasteiger partial charge in [0.15, 0.2) is 0 Å². The summed E-state index contributed by atoms with van der Waals surface area (Å²) in [5.41, 5.74) is 3.23. The molecule has 19 heavy (non-hydrogen) atoms. The van der Waals surface area contributed by atoms with Gasteiger partial charge in [-0.15, -0.1) is 5.10 Å². The first-order valence-electron chi connectivity index (χ1n) is 6.18. The summed E-state index contributed by atoms with van der Waals surface area (Å²) in [6.07, 6.45) is 1.02. The molecule has 2 aromatic heterocycles. The maximum absolute atomic E-state index is 11.7. The molecule has 2 rings (SSSR count). The van der Waals surface area contributed by atoms with Crippen molar-refractivity contribution in [1.82, 2.24) is 30.4 Å². The molecule has 0 aliphatic heterocycles. The van der Waals surface area contributed by atoms with Crippen LogP contribution in [0.15, 0.2) is 0 Å². The molecule has 0 saturated carbocycles. The Morgan fingerprint density at radius 3 is 2.79 bits per heavy atom. The smallest absolute Gasteiger partial charge is 0.269 e. The van der Waals surface area contributed by atoms with Crippen LogP contribution in [0.2, 0.25) is 0 Å². The lowest BCUT2D eigenvalue weighted by atomic mass is 10.1. The van der Waals surface area contributed by atoms with Crippen LogP contribution in [0.3, 0.4) is 0 Å². The van der Waals surface area contributed by atoms with E-state index in [1.54, 1.807) is 0 Å². The molecule has 0 bridgehead atoms. The van der Waals surface area contributed by atoms with Gasteiger partial charge in [-0.1, -0.05) is 5.10 Å². The van der Waals surface area contributed by atoms with Crippen molar-refractivity contribution in [2.24, 2.45) is 0 Å². The van der Waals surface area contributed by atoms with Crippen molar-refractivity contribution in [3.8, 4) is 0 Å². The minimum atomic E-state index is -0.135. The Morgan fingerprint density at radius 2 is 2.21 bits per heavy atom. The average molecular weight is 263 g/mol. The first-order chi connectivity index (χ1) is 9.11. The topological polar surface area (TPSA) is 101 Å². The number of nitrogens with zero attached hydrogens (tertiary/aromatic N) is 5. The minimum absolute atomic E-state index is 0.135. The van der Waals surface area contributed by atoms with Gasteiger partial charge in [0.25, 0.3) is 5.95 Å². The summed E-state index contributed by atoms with van der Waals surface area (Å²) < 4.78 is 1.95. The molecule has 2 heterocycles. The summed E-state index contributed by atoms with van der Waals surface area (Å²) >= 11 is 0. The lowest BCUT2D eigenvalue weighted by Gasteiger charge is -2.03. The molecule has 0 atom stereocenters. The Bertz CT molecular complexity index is 558. The molecule has 8 heteroatoms. The highest BCUT2D eigenvalue weighted by molar-refractivity contribution is 5.88.